The lowest BCUT2D eigenvalue weighted by molar-refractivity contribution is 0.211. The fraction of sp³-hybridized carbons (Fsp3) is 0.200. The van der Waals surface area contributed by atoms with Gasteiger partial charge in [0, 0.05) is 36.9 Å². The smallest absolute Gasteiger partial charge is 0.230 e. The number of hydrogen-bond donors (Lipinski definition) is 1. The number of piperazine rings is 1. The van der Waals surface area contributed by atoms with Crippen LogP contribution in [0.2, 0.25) is 5.02 Å². The minimum Gasteiger partial charge on any atom is -0.492 e. The van der Waals surface area contributed by atoms with Crippen LogP contribution in [-0.4, -0.2) is 50.8 Å². The number of aromatic nitrogens is 3. The molecule has 178 valence electrons. The van der Waals surface area contributed by atoms with E-state index in [2.05, 4.69) is 19.9 Å². The number of anilines is 1. The summed E-state index contributed by atoms with van der Waals surface area (Å²) in [5.74, 6) is 0.789. The number of nitrogens with zero attached hydrogens (tertiary/aromatic N) is 5. The van der Waals surface area contributed by atoms with E-state index >= 15 is 0 Å². The molecule has 6 rings (SSSR count). The Hall–Kier alpha value is -3.40. The number of fused-ring (bicyclic) bond motifs is 1. The van der Waals surface area contributed by atoms with Crippen LogP contribution < -0.4 is 4.90 Å². The molecule has 10 heteroatoms. The normalized spacial score (nSPS) is 15.7. The highest BCUT2D eigenvalue weighted by molar-refractivity contribution is 7.17. The largest absolute Gasteiger partial charge is 0.492 e. The van der Waals surface area contributed by atoms with Crippen LogP contribution in [0, 0.1) is 5.82 Å². The van der Waals surface area contributed by atoms with Gasteiger partial charge in [-0.2, -0.15) is 9.50 Å². The Morgan fingerprint density at radius 3 is 2.51 bits per heavy atom. The van der Waals surface area contributed by atoms with E-state index in [9.17, 15) is 9.50 Å². The average Bonchev–Trinajstić information content (AvgIpc) is 3.60. The van der Waals surface area contributed by atoms with Crippen LogP contribution in [0.15, 0.2) is 71.3 Å². The summed E-state index contributed by atoms with van der Waals surface area (Å²) >= 11 is 7.75. The molecule has 0 aliphatic carbocycles. The number of halogens is 2. The predicted molar refractivity (Wildman–Crippen MR) is 134 cm³/mol. The molecule has 0 saturated carbocycles. The number of benzene rings is 2. The Morgan fingerprint density at radius 2 is 1.83 bits per heavy atom. The molecule has 1 aliphatic heterocycles. The zero-order valence-corrected chi connectivity index (χ0v) is 20.1. The third-order valence-corrected chi connectivity index (χ3v) is 7.53. The molecule has 1 aliphatic rings. The van der Waals surface area contributed by atoms with Crippen LogP contribution in [0.1, 0.15) is 16.5 Å². The highest BCUT2D eigenvalue weighted by atomic mass is 35.5. The van der Waals surface area contributed by atoms with Gasteiger partial charge in [-0.25, -0.2) is 4.39 Å². The lowest BCUT2D eigenvalue weighted by Gasteiger charge is -2.40. The van der Waals surface area contributed by atoms with Crippen LogP contribution in [0.5, 0.6) is 5.88 Å². The Balaban J connectivity index is 1.33. The van der Waals surface area contributed by atoms with Gasteiger partial charge in [-0.1, -0.05) is 35.1 Å². The van der Waals surface area contributed by atoms with Gasteiger partial charge < -0.3 is 14.4 Å². The molecular formula is C25H21ClFN5O2S. The van der Waals surface area contributed by atoms with Crippen molar-refractivity contribution in [1.82, 2.24) is 19.5 Å². The van der Waals surface area contributed by atoms with E-state index in [0.29, 0.717) is 21.6 Å². The fourth-order valence-corrected chi connectivity index (χ4v) is 5.85. The topological polar surface area (TPSA) is 70.0 Å². The molecule has 7 nitrogen and oxygen atoms in total. The third-order valence-electron chi connectivity index (χ3n) is 6.23. The Bertz CT molecular complexity index is 1460. The van der Waals surface area contributed by atoms with Crippen molar-refractivity contribution in [2.75, 3.05) is 31.1 Å². The van der Waals surface area contributed by atoms with Gasteiger partial charge in [-0.3, -0.25) is 4.90 Å². The Labute approximate surface area is 209 Å². The molecule has 1 N–H and O–H groups in total. The molecule has 3 aromatic heterocycles. The van der Waals surface area contributed by atoms with Crippen molar-refractivity contribution >= 4 is 33.6 Å². The van der Waals surface area contributed by atoms with Crippen molar-refractivity contribution in [2.24, 2.45) is 0 Å². The van der Waals surface area contributed by atoms with Crippen molar-refractivity contribution in [3.05, 3.63) is 88.2 Å². The van der Waals surface area contributed by atoms with Gasteiger partial charge in [0.25, 0.3) is 0 Å². The first kappa shape index (κ1) is 22.1. The van der Waals surface area contributed by atoms with Crippen LogP contribution in [0.4, 0.5) is 10.1 Å². The molecule has 0 radical (unpaired) electrons. The molecule has 5 aromatic rings. The zero-order chi connectivity index (χ0) is 23.9. The summed E-state index contributed by atoms with van der Waals surface area (Å²) in [5, 5.41) is 16.3. The summed E-state index contributed by atoms with van der Waals surface area (Å²) in [7, 11) is 0. The number of rotatable bonds is 5. The molecule has 0 bridgehead atoms. The van der Waals surface area contributed by atoms with Gasteiger partial charge in [0.2, 0.25) is 16.7 Å². The highest BCUT2D eigenvalue weighted by Gasteiger charge is 2.32. The first-order chi connectivity index (χ1) is 17.1. The Kier molecular flexibility index (Phi) is 5.68. The van der Waals surface area contributed by atoms with Crippen molar-refractivity contribution in [3.8, 4) is 17.5 Å². The second kappa shape index (κ2) is 8.99. The van der Waals surface area contributed by atoms with Crippen molar-refractivity contribution in [1.29, 1.82) is 0 Å². The predicted octanol–water partition coefficient (Wildman–Crippen LogP) is 5.46. The zero-order valence-electron chi connectivity index (χ0n) is 18.5. The SMILES string of the molecule is Oc1c(C(c2cccc(Cl)c2)N2CCN(c3ccc(F)cc3)CC2)sc2nc(-c3ccco3)nn12. The highest BCUT2D eigenvalue weighted by Crippen LogP contribution is 2.41. The van der Waals surface area contributed by atoms with E-state index in [1.54, 1.807) is 18.4 Å². The van der Waals surface area contributed by atoms with E-state index in [1.165, 1.54) is 28.0 Å². The number of hydrogen-bond acceptors (Lipinski definition) is 7. The molecular weight excluding hydrogens is 489 g/mol. The van der Waals surface area contributed by atoms with Crippen molar-refractivity contribution in [2.45, 2.75) is 6.04 Å². The minimum absolute atomic E-state index is 0.0567. The molecule has 4 heterocycles. The number of aromatic hydroxyl groups is 1. The average molecular weight is 510 g/mol. The molecule has 1 unspecified atom stereocenters. The first-order valence-corrected chi connectivity index (χ1v) is 12.4. The van der Waals surface area contributed by atoms with Gasteiger partial charge >= 0.3 is 0 Å². The van der Waals surface area contributed by atoms with Crippen molar-refractivity contribution in [3.63, 3.8) is 0 Å². The molecule has 1 atom stereocenters. The van der Waals surface area contributed by atoms with Crippen LogP contribution in [0.25, 0.3) is 16.5 Å². The fourth-order valence-electron chi connectivity index (χ4n) is 4.53. The van der Waals surface area contributed by atoms with E-state index < -0.39 is 0 Å². The summed E-state index contributed by atoms with van der Waals surface area (Å²) in [5.41, 5.74) is 1.98. The second-order valence-electron chi connectivity index (χ2n) is 8.35. The molecule has 2 aromatic carbocycles. The summed E-state index contributed by atoms with van der Waals surface area (Å²) in [6, 6.07) is 17.6. The second-order valence-corrected chi connectivity index (χ2v) is 9.80. The molecule has 0 amide bonds. The summed E-state index contributed by atoms with van der Waals surface area (Å²) in [4.78, 5) is 10.5. The molecule has 1 saturated heterocycles. The van der Waals surface area contributed by atoms with E-state index in [1.807, 2.05) is 36.4 Å². The Morgan fingerprint density at radius 1 is 1.03 bits per heavy atom. The summed E-state index contributed by atoms with van der Waals surface area (Å²) in [6.07, 6.45) is 1.57. The van der Waals surface area contributed by atoms with E-state index in [4.69, 9.17) is 16.0 Å². The molecule has 35 heavy (non-hydrogen) atoms. The van der Waals surface area contributed by atoms with Gasteiger partial charge in [-0.15, -0.1) is 5.10 Å². The molecule has 0 spiro atoms. The number of thiazole rings is 1. The van der Waals surface area contributed by atoms with Gasteiger partial charge in [0.15, 0.2) is 5.76 Å². The minimum atomic E-state index is -0.240. The van der Waals surface area contributed by atoms with Gasteiger partial charge in [-0.05, 0) is 54.1 Å². The van der Waals surface area contributed by atoms with Crippen LogP contribution in [-0.2, 0) is 0 Å². The third kappa shape index (κ3) is 4.16. The quantitative estimate of drug-likeness (QED) is 0.339. The van der Waals surface area contributed by atoms with Crippen LogP contribution >= 0.6 is 22.9 Å². The number of furan rings is 1. The maximum Gasteiger partial charge on any atom is 0.230 e. The lowest BCUT2D eigenvalue weighted by atomic mass is 10.0. The maximum atomic E-state index is 13.4. The van der Waals surface area contributed by atoms with Crippen molar-refractivity contribution < 1.29 is 13.9 Å². The van der Waals surface area contributed by atoms with Crippen LogP contribution in [0.3, 0.4) is 0 Å². The first-order valence-electron chi connectivity index (χ1n) is 11.2. The summed E-state index contributed by atoms with van der Waals surface area (Å²) < 4.78 is 20.2. The summed E-state index contributed by atoms with van der Waals surface area (Å²) in [6.45, 7) is 3.04. The van der Waals surface area contributed by atoms with E-state index in [-0.39, 0.29) is 17.7 Å². The maximum absolute atomic E-state index is 13.4. The van der Waals surface area contributed by atoms with Gasteiger partial charge in [0.05, 0.1) is 17.2 Å². The molecule has 1 fully saturated rings. The monoisotopic (exact) mass is 509 g/mol. The lowest BCUT2D eigenvalue weighted by Crippen LogP contribution is -2.47. The van der Waals surface area contributed by atoms with E-state index in [0.717, 1.165) is 42.3 Å². The standard InChI is InChI=1S/C25H21ClFN5O2S/c26-17-4-1-3-16(15-17)21(31-12-10-30(11-13-31)19-8-6-18(27)7-9-19)22-24(33)32-25(35-22)28-23(29-32)20-5-2-14-34-20/h1-9,14-15,21,33H,10-13H2. The van der Waals surface area contributed by atoms with Gasteiger partial charge in [0.1, 0.15) is 5.82 Å².